The van der Waals surface area contributed by atoms with Crippen molar-refractivity contribution in [1.82, 2.24) is 4.98 Å². The van der Waals surface area contributed by atoms with Crippen molar-refractivity contribution < 1.29 is 26.7 Å². The third-order valence-corrected chi connectivity index (χ3v) is 3.22. The van der Waals surface area contributed by atoms with Gasteiger partial charge in [0, 0.05) is 11.4 Å². The minimum absolute atomic E-state index is 0.0218. The van der Waals surface area contributed by atoms with Crippen molar-refractivity contribution in [3.8, 4) is 0 Å². The van der Waals surface area contributed by atoms with Crippen LogP contribution in [0.5, 0.6) is 0 Å². The summed E-state index contributed by atoms with van der Waals surface area (Å²) in [6, 6.07) is 4.55. The maximum absolute atomic E-state index is 12.0. The second-order valence-electron chi connectivity index (χ2n) is 3.66. The molecule has 1 aromatic heterocycles. The molecule has 0 unspecified atom stereocenters. The predicted molar refractivity (Wildman–Crippen MR) is 75.9 cm³/mol. The molecular weight excluding hydrogens is 395 g/mol. The zero-order chi connectivity index (χ0) is 16.8. The molecule has 1 N–H and O–H groups in total. The number of thiazole rings is 1. The van der Waals surface area contributed by atoms with Gasteiger partial charge in [0.25, 0.3) is 0 Å². The van der Waals surface area contributed by atoms with E-state index in [1.54, 1.807) is 0 Å². The first kappa shape index (κ1) is 18.5. The number of nitrogens with one attached hydrogen (secondary N) is 1. The van der Waals surface area contributed by atoms with Crippen molar-refractivity contribution in [1.29, 1.82) is 0 Å². The summed E-state index contributed by atoms with van der Waals surface area (Å²) in [6.45, 7) is 0. The van der Waals surface area contributed by atoms with Gasteiger partial charge >= 0.3 is 6.18 Å². The average molecular weight is 403 g/mol. The number of anilines is 1. The molecular formula is C12H8BrF5N2OS. The van der Waals surface area contributed by atoms with Gasteiger partial charge in [-0.25, -0.2) is 13.8 Å². The summed E-state index contributed by atoms with van der Waals surface area (Å²) in [4.78, 5) is 14.0. The Labute approximate surface area is 134 Å². The molecule has 0 saturated heterocycles. The molecule has 0 aliphatic carbocycles. The summed E-state index contributed by atoms with van der Waals surface area (Å²) in [5.41, 5.74) is -0.993. The van der Waals surface area contributed by atoms with E-state index in [2.05, 4.69) is 26.2 Å². The van der Waals surface area contributed by atoms with Crippen LogP contribution in [0.1, 0.15) is 5.69 Å². The van der Waals surface area contributed by atoms with E-state index in [1.165, 1.54) is 18.2 Å². The first-order valence-electron chi connectivity index (χ1n) is 5.52. The van der Waals surface area contributed by atoms with E-state index in [0.29, 0.717) is 0 Å². The number of benzene rings is 1. The minimum Gasteiger partial charge on any atom is -0.301 e. The number of hydrogen-bond acceptors (Lipinski definition) is 3. The molecule has 22 heavy (non-hydrogen) atoms. The lowest BCUT2D eigenvalue weighted by molar-refractivity contribution is -0.140. The lowest BCUT2D eigenvalue weighted by atomic mass is 10.3. The van der Waals surface area contributed by atoms with Gasteiger partial charge in [-0.05, 0) is 12.1 Å². The van der Waals surface area contributed by atoms with Crippen molar-refractivity contribution in [3.63, 3.8) is 0 Å². The minimum atomic E-state index is -4.46. The standard InChI is InChI=1S/C6H4BrF3N2OS.C6H4F2/c7-1-4(13)12-5-11-3(2-14-5)6(8,9)10;7-5-2-1-3-6(8)4-5/h2H,1H2,(H,11,12,13);1-4H. The van der Waals surface area contributed by atoms with Gasteiger partial charge in [-0.3, -0.25) is 4.79 Å². The van der Waals surface area contributed by atoms with E-state index in [-0.39, 0.29) is 10.5 Å². The quantitative estimate of drug-likeness (QED) is 0.595. The number of halogens is 6. The number of alkyl halides is 4. The molecule has 0 fully saturated rings. The van der Waals surface area contributed by atoms with Gasteiger partial charge in [-0.15, -0.1) is 11.3 Å². The number of hydrogen-bond donors (Lipinski definition) is 1. The number of amides is 1. The van der Waals surface area contributed by atoms with Gasteiger partial charge in [-0.1, -0.05) is 22.0 Å². The molecule has 0 radical (unpaired) electrons. The molecule has 3 nitrogen and oxygen atoms in total. The summed E-state index contributed by atoms with van der Waals surface area (Å²) in [5.74, 6) is -1.51. The Bertz CT molecular complexity index is 615. The van der Waals surface area contributed by atoms with Gasteiger partial charge in [0.05, 0.1) is 5.33 Å². The second-order valence-corrected chi connectivity index (χ2v) is 5.08. The van der Waals surface area contributed by atoms with Crippen molar-refractivity contribution >= 4 is 38.3 Å². The second kappa shape index (κ2) is 8.18. The van der Waals surface area contributed by atoms with Crippen LogP contribution in [0.2, 0.25) is 0 Å². The Kier molecular flexibility index (Phi) is 6.88. The maximum atomic E-state index is 12.0. The van der Waals surface area contributed by atoms with Crippen LogP contribution in [0.3, 0.4) is 0 Å². The van der Waals surface area contributed by atoms with Gasteiger partial charge in [-0.2, -0.15) is 13.2 Å². The predicted octanol–water partition coefficient (Wildman–Crippen LogP) is 4.46. The highest BCUT2D eigenvalue weighted by Gasteiger charge is 2.33. The summed E-state index contributed by atoms with van der Waals surface area (Å²) in [7, 11) is 0. The van der Waals surface area contributed by atoms with Crippen LogP contribution < -0.4 is 5.32 Å². The molecule has 2 rings (SSSR count). The van der Waals surface area contributed by atoms with Crippen molar-refractivity contribution in [2.45, 2.75) is 6.18 Å². The van der Waals surface area contributed by atoms with Crippen LogP contribution in [0, 0.1) is 11.6 Å². The fraction of sp³-hybridized carbons (Fsp3) is 0.167. The van der Waals surface area contributed by atoms with Crippen LogP contribution >= 0.6 is 27.3 Å². The molecule has 1 amide bonds. The molecule has 0 aliphatic rings. The van der Waals surface area contributed by atoms with Crippen LogP contribution in [0.4, 0.5) is 27.1 Å². The first-order valence-corrected chi connectivity index (χ1v) is 7.52. The van der Waals surface area contributed by atoms with Gasteiger partial charge < -0.3 is 5.32 Å². The highest BCUT2D eigenvalue weighted by molar-refractivity contribution is 9.09. The number of aromatic nitrogens is 1. The Morgan fingerprint density at radius 1 is 1.27 bits per heavy atom. The third kappa shape index (κ3) is 6.48. The zero-order valence-electron chi connectivity index (χ0n) is 10.6. The van der Waals surface area contributed by atoms with E-state index < -0.39 is 29.4 Å². The monoisotopic (exact) mass is 402 g/mol. The highest BCUT2D eigenvalue weighted by atomic mass is 79.9. The van der Waals surface area contributed by atoms with E-state index in [4.69, 9.17) is 0 Å². The molecule has 0 atom stereocenters. The first-order chi connectivity index (χ1) is 10.2. The molecule has 0 aliphatic heterocycles. The van der Waals surface area contributed by atoms with Gasteiger partial charge in [0.15, 0.2) is 10.8 Å². The smallest absolute Gasteiger partial charge is 0.301 e. The van der Waals surface area contributed by atoms with Gasteiger partial charge in [0.2, 0.25) is 5.91 Å². The van der Waals surface area contributed by atoms with Crippen LogP contribution in [0.15, 0.2) is 29.6 Å². The van der Waals surface area contributed by atoms with E-state index in [0.717, 1.165) is 22.8 Å². The maximum Gasteiger partial charge on any atom is 0.434 e. The fourth-order valence-corrected chi connectivity index (χ4v) is 1.95. The lowest BCUT2D eigenvalue weighted by Gasteiger charge is -2.00. The van der Waals surface area contributed by atoms with Crippen molar-refractivity contribution in [2.75, 3.05) is 10.6 Å². The molecule has 1 aromatic carbocycles. The summed E-state index contributed by atoms with van der Waals surface area (Å²) < 4.78 is 60.0. The Balaban J connectivity index is 0.000000255. The summed E-state index contributed by atoms with van der Waals surface area (Å²) >= 11 is 3.60. The molecule has 1 heterocycles. The average Bonchev–Trinajstić information content (AvgIpc) is 2.87. The van der Waals surface area contributed by atoms with Crippen molar-refractivity contribution in [3.05, 3.63) is 47.0 Å². The molecule has 0 spiro atoms. The number of carbonyl (C=O) groups is 1. The summed E-state index contributed by atoms with van der Waals surface area (Å²) in [5, 5.41) is 3.02. The van der Waals surface area contributed by atoms with Crippen LogP contribution in [-0.2, 0) is 11.0 Å². The zero-order valence-corrected chi connectivity index (χ0v) is 13.0. The molecule has 10 heteroatoms. The van der Waals surface area contributed by atoms with E-state index in [9.17, 15) is 26.7 Å². The topological polar surface area (TPSA) is 42.0 Å². The lowest BCUT2D eigenvalue weighted by Crippen LogP contribution is -2.12. The number of rotatable bonds is 2. The molecule has 120 valence electrons. The largest absolute Gasteiger partial charge is 0.434 e. The molecule has 2 aromatic rings. The number of nitrogens with zero attached hydrogens (tertiary/aromatic N) is 1. The molecule has 0 saturated carbocycles. The van der Waals surface area contributed by atoms with Crippen LogP contribution in [0.25, 0.3) is 0 Å². The third-order valence-electron chi connectivity index (χ3n) is 1.95. The molecule has 0 bridgehead atoms. The van der Waals surface area contributed by atoms with Gasteiger partial charge in [0.1, 0.15) is 11.6 Å². The van der Waals surface area contributed by atoms with Crippen LogP contribution in [-0.4, -0.2) is 16.2 Å². The summed E-state index contributed by atoms with van der Waals surface area (Å²) in [6.07, 6.45) is -4.46. The Morgan fingerprint density at radius 3 is 2.23 bits per heavy atom. The van der Waals surface area contributed by atoms with Crippen molar-refractivity contribution in [2.24, 2.45) is 0 Å². The van der Waals surface area contributed by atoms with E-state index >= 15 is 0 Å². The Morgan fingerprint density at radius 2 is 1.86 bits per heavy atom. The highest BCUT2D eigenvalue weighted by Crippen LogP contribution is 2.31. The van der Waals surface area contributed by atoms with E-state index in [1.807, 2.05) is 0 Å². The Hall–Kier alpha value is -1.55. The number of carbonyl (C=O) groups excluding carboxylic acids is 1. The fourth-order valence-electron chi connectivity index (χ4n) is 1.07. The normalized spacial score (nSPS) is 10.6. The SMILES string of the molecule is Fc1cccc(F)c1.O=C(CBr)Nc1nc(C(F)(F)F)cs1.